The lowest BCUT2D eigenvalue weighted by atomic mass is 10.1. The van der Waals surface area contributed by atoms with E-state index in [2.05, 4.69) is 39.7 Å². The molecule has 2 nitrogen and oxygen atoms in total. The second kappa shape index (κ2) is 5.14. The van der Waals surface area contributed by atoms with Crippen LogP contribution in [-0.4, -0.2) is 11.5 Å². The van der Waals surface area contributed by atoms with E-state index in [9.17, 15) is 0 Å². The number of halogens is 1. The minimum absolute atomic E-state index is 0.331. The maximum atomic E-state index is 3.97. The molecular weight excluding hydrogens is 228 g/mol. The largest absolute Gasteiger partial charge is 0.306 e. The zero-order chi connectivity index (χ0) is 9.68. The number of nitrogens with zero attached hydrogens (tertiary/aromatic N) is 1. The molecule has 0 saturated heterocycles. The maximum Gasteiger partial charge on any atom is 0.0296 e. The third kappa shape index (κ3) is 3.70. The Bertz CT molecular complexity index is 272. The molecule has 0 fully saturated rings. The summed E-state index contributed by atoms with van der Waals surface area (Å²) < 4.78 is 0.966. The van der Waals surface area contributed by atoms with Crippen molar-refractivity contribution in [2.45, 2.75) is 13.0 Å². The molecule has 3 heteroatoms. The lowest BCUT2D eigenvalue weighted by Gasteiger charge is -2.12. The van der Waals surface area contributed by atoms with Gasteiger partial charge in [0.15, 0.2) is 0 Å². The summed E-state index contributed by atoms with van der Waals surface area (Å²) >= 11 is 3.31. The van der Waals surface area contributed by atoms with Gasteiger partial charge >= 0.3 is 0 Å². The summed E-state index contributed by atoms with van der Waals surface area (Å²) in [4.78, 5) is 3.97. The van der Waals surface area contributed by atoms with Crippen LogP contribution in [0, 0.1) is 0 Å². The van der Waals surface area contributed by atoms with Gasteiger partial charge < -0.3 is 5.32 Å². The molecule has 1 N–H and O–H groups in total. The average Bonchev–Trinajstić information content (AvgIpc) is 2.15. The van der Waals surface area contributed by atoms with Gasteiger partial charge in [0.2, 0.25) is 0 Å². The van der Waals surface area contributed by atoms with Gasteiger partial charge in [-0.25, -0.2) is 0 Å². The van der Waals surface area contributed by atoms with E-state index in [1.165, 1.54) is 5.56 Å². The number of aromatic nitrogens is 1. The molecule has 13 heavy (non-hydrogen) atoms. The molecule has 1 aromatic rings. The van der Waals surface area contributed by atoms with E-state index in [1.54, 1.807) is 12.4 Å². The number of hydrogen-bond donors (Lipinski definition) is 1. The highest BCUT2D eigenvalue weighted by Crippen LogP contribution is 2.10. The highest BCUT2D eigenvalue weighted by Gasteiger charge is 2.02. The Hall–Kier alpha value is -0.670. The van der Waals surface area contributed by atoms with Crippen molar-refractivity contribution in [3.63, 3.8) is 0 Å². The second-order valence-corrected chi connectivity index (χ2v) is 4.02. The van der Waals surface area contributed by atoms with Gasteiger partial charge in [-0.15, -0.1) is 0 Å². The Morgan fingerprint density at radius 3 is 2.77 bits per heavy atom. The molecule has 0 aliphatic rings. The molecule has 0 bridgehead atoms. The van der Waals surface area contributed by atoms with Gasteiger partial charge in [-0.05, 0) is 24.6 Å². The predicted octanol–water partition coefficient (Wildman–Crippen LogP) is 2.64. The number of hydrogen-bond acceptors (Lipinski definition) is 2. The Morgan fingerprint density at radius 1 is 1.62 bits per heavy atom. The van der Waals surface area contributed by atoms with E-state index >= 15 is 0 Å². The topological polar surface area (TPSA) is 24.9 Å². The Balaban J connectivity index is 2.49. The SMILES string of the molecule is C=C(Br)CN[C@H](C)c1ccncc1. The van der Waals surface area contributed by atoms with Crippen LogP contribution in [0.25, 0.3) is 0 Å². The molecule has 1 atom stereocenters. The molecule has 0 spiro atoms. The Kier molecular flexibility index (Phi) is 4.12. The highest BCUT2D eigenvalue weighted by atomic mass is 79.9. The number of nitrogens with one attached hydrogen (secondary N) is 1. The van der Waals surface area contributed by atoms with Gasteiger partial charge in [0.25, 0.3) is 0 Å². The average molecular weight is 241 g/mol. The third-order valence-corrected chi connectivity index (χ3v) is 2.09. The zero-order valence-corrected chi connectivity index (χ0v) is 9.21. The van der Waals surface area contributed by atoms with Crippen LogP contribution in [0.4, 0.5) is 0 Å². The van der Waals surface area contributed by atoms with Gasteiger partial charge in [-0.2, -0.15) is 0 Å². The van der Waals surface area contributed by atoms with Crippen molar-refractivity contribution >= 4 is 15.9 Å². The molecule has 70 valence electrons. The van der Waals surface area contributed by atoms with Crippen molar-refractivity contribution in [1.29, 1.82) is 0 Å². The molecule has 0 radical (unpaired) electrons. The van der Waals surface area contributed by atoms with Crippen LogP contribution in [-0.2, 0) is 0 Å². The molecule has 1 aromatic heterocycles. The summed E-state index contributed by atoms with van der Waals surface area (Å²) in [6.45, 7) is 6.66. The minimum atomic E-state index is 0.331. The van der Waals surface area contributed by atoms with Crippen molar-refractivity contribution < 1.29 is 0 Å². The van der Waals surface area contributed by atoms with Crippen LogP contribution >= 0.6 is 15.9 Å². The van der Waals surface area contributed by atoms with E-state index in [0.717, 1.165) is 11.0 Å². The third-order valence-electron chi connectivity index (χ3n) is 1.81. The van der Waals surface area contributed by atoms with E-state index in [4.69, 9.17) is 0 Å². The van der Waals surface area contributed by atoms with Gasteiger partial charge in [0.1, 0.15) is 0 Å². The molecule has 0 aliphatic carbocycles. The van der Waals surface area contributed by atoms with Gasteiger partial charge in [0.05, 0.1) is 0 Å². The first kappa shape index (κ1) is 10.4. The lowest BCUT2D eigenvalue weighted by molar-refractivity contribution is 0.615. The minimum Gasteiger partial charge on any atom is -0.306 e. The van der Waals surface area contributed by atoms with E-state index < -0.39 is 0 Å². The first-order valence-electron chi connectivity index (χ1n) is 4.16. The van der Waals surface area contributed by atoms with Crippen LogP contribution in [0.5, 0.6) is 0 Å². The Morgan fingerprint density at radius 2 is 2.23 bits per heavy atom. The van der Waals surface area contributed by atoms with Crippen molar-refractivity contribution in [2.24, 2.45) is 0 Å². The van der Waals surface area contributed by atoms with Crippen LogP contribution in [0.2, 0.25) is 0 Å². The van der Waals surface area contributed by atoms with Crippen LogP contribution in [0.3, 0.4) is 0 Å². The molecule has 0 amide bonds. The summed E-state index contributed by atoms with van der Waals surface area (Å²) in [6, 6.07) is 4.35. The smallest absolute Gasteiger partial charge is 0.0296 e. The van der Waals surface area contributed by atoms with Gasteiger partial charge in [-0.1, -0.05) is 22.5 Å². The number of rotatable bonds is 4. The van der Waals surface area contributed by atoms with Crippen LogP contribution in [0.1, 0.15) is 18.5 Å². The number of pyridine rings is 1. The fourth-order valence-electron chi connectivity index (χ4n) is 1.03. The summed E-state index contributed by atoms with van der Waals surface area (Å²) in [5.41, 5.74) is 1.24. The summed E-state index contributed by atoms with van der Waals surface area (Å²) in [7, 11) is 0. The van der Waals surface area contributed by atoms with E-state index in [0.29, 0.717) is 6.04 Å². The molecule has 1 rings (SSSR count). The van der Waals surface area contributed by atoms with E-state index in [1.807, 2.05) is 12.1 Å². The van der Waals surface area contributed by atoms with Crippen molar-refractivity contribution in [1.82, 2.24) is 10.3 Å². The normalized spacial score (nSPS) is 12.5. The van der Waals surface area contributed by atoms with Crippen LogP contribution < -0.4 is 5.32 Å². The quantitative estimate of drug-likeness (QED) is 0.876. The molecule has 0 aliphatic heterocycles. The fourth-order valence-corrected chi connectivity index (χ4v) is 1.20. The molecule has 0 aromatic carbocycles. The summed E-state index contributed by atoms with van der Waals surface area (Å²) in [5, 5.41) is 3.32. The highest BCUT2D eigenvalue weighted by molar-refractivity contribution is 9.11. The maximum absolute atomic E-state index is 3.97. The first-order chi connectivity index (χ1) is 6.20. The standard InChI is InChI=1S/C10H13BrN2/c1-8(11)7-13-9(2)10-3-5-12-6-4-10/h3-6,9,13H,1,7H2,2H3/t9-/m1/s1. The van der Waals surface area contributed by atoms with Crippen molar-refractivity contribution in [3.8, 4) is 0 Å². The molecule has 0 saturated carbocycles. The Labute approximate surface area is 87.2 Å². The van der Waals surface area contributed by atoms with E-state index in [-0.39, 0.29) is 0 Å². The summed E-state index contributed by atoms with van der Waals surface area (Å²) in [6.07, 6.45) is 3.60. The van der Waals surface area contributed by atoms with Gasteiger partial charge in [0, 0.05) is 29.5 Å². The van der Waals surface area contributed by atoms with Crippen molar-refractivity contribution in [2.75, 3.05) is 6.54 Å². The lowest BCUT2D eigenvalue weighted by Crippen LogP contribution is -2.19. The van der Waals surface area contributed by atoms with Crippen LogP contribution in [0.15, 0.2) is 35.6 Å². The second-order valence-electron chi connectivity index (χ2n) is 2.90. The van der Waals surface area contributed by atoms with Crippen molar-refractivity contribution in [3.05, 3.63) is 41.2 Å². The summed E-state index contributed by atoms with van der Waals surface area (Å²) in [5.74, 6) is 0. The molecular formula is C10H13BrN2. The monoisotopic (exact) mass is 240 g/mol. The first-order valence-corrected chi connectivity index (χ1v) is 4.96. The zero-order valence-electron chi connectivity index (χ0n) is 7.63. The molecule has 0 unspecified atom stereocenters. The fraction of sp³-hybridized carbons (Fsp3) is 0.300. The predicted molar refractivity (Wildman–Crippen MR) is 58.7 cm³/mol. The van der Waals surface area contributed by atoms with Gasteiger partial charge in [-0.3, -0.25) is 4.98 Å². The molecule has 1 heterocycles.